The number of pyridine rings is 1. The van der Waals surface area contributed by atoms with Crippen LogP contribution in [-0.2, 0) is 0 Å². The Morgan fingerprint density at radius 3 is 2.56 bits per heavy atom. The summed E-state index contributed by atoms with van der Waals surface area (Å²) in [5.41, 5.74) is 2.75. The molecule has 1 aliphatic carbocycles. The minimum absolute atomic E-state index is 0.149. The molecule has 0 unspecified atom stereocenters. The lowest BCUT2D eigenvalue weighted by atomic mass is 9.86. The molecule has 0 bridgehead atoms. The minimum atomic E-state index is -1.15. The number of ether oxygens (including phenoxy) is 1. The minimum Gasteiger partial charge on any atom is -0.503 e. The molecular formula is C27H26F2N4O3. The average Bonchev–Trinajstić information content (AvgIpc) is 3.34. The van der Waals surface area contributed by atoms with Crippen LogP contribution in [0.2, 0.25) is 0 Å². The summed E-state index contributed by atoms with van der Waals surface area (Å²) in [6.07, 6.45) is 9.19. The highest BCUT2D eigenvalue weighted by atomic mass is 19.1. The zero-order valence-electron chi connectivity index (χ0n) is 19.7. The highest BCUT2D eigenvalue weighted by Crippen LogP contribution is 2.33. The first-order valence-electron chi connectivity index (χ1n) is 11.9. The molecule has 9 heteroatoms. The number of hydrogen-bond donors (Lipinski definition) is 2. The molecule has 2 N–H and O–H groups in total. The summed E-state index contributed by atoms with van der Waals surface area (Å²) >= 11 is 0. The van der Waals surface area contributed by atoms with E-state index in [9.17, 15) is 18.7 Å². The zero-order valence-corrected chi connectivity index (χ0v) is 19.7. The number of carbonyl (C=O) groups excluding carboxylic acids is 1. The number of aromatic hydroxyl groups is 1. The summed E-state index contributed by atoms with van der Waals surface area (Å²) in [4.78, 5) is 16.5. The van der Waals surface area contributed by atoms with Crippen molar-refractivity contribution >= 4 is 16.8 Å². The van der Waals surface area contributed by atoms with Gasteiger partial charge in [-0.25, -0.2) is 8.78 Å². The van der Waals surface area contributed by atoms with Gasteiger partial charge in [-0.2, -0.15) is 5.10 Å². The van der Waals surface area contributed by atoms with Crippen LogP contribution in [0.25, 0.3) is 22.0 Å². The maximum Gasteiger partial charge on any atom is 0.251 e. The third-order valence-corrected chi connectivity index (χ3v) is 6.83. The number of fused-ring (bicyclic) bond motifs is 1. The second-order valence-electron chi connectivity index (χ2n) is 9.17. The Morgan fingerprint density at radius 1 is 1.08 bits per heavy atom. The maximum atomic E-state index is 13.5. The highest BCUT2D eigenvalue weighted by molar-refractivity contribution is 5.94. The van der Waals surface area contributed by atoms with Crippen molar-refractivity contribution in [2.75, 3.05) is 13.7 Å². The van der Waals surface area contributed by atoms with Crippen LogP contribution >= 0.6 is 0 Å². The number of halogens is 2. The lowest BCUT2D eigenvalue weighted by Gasteiger charge is -2.28. The fraction of sp³-hybridized carbons (Fsp3) is 0.296. The van der Waals surface area contributed by atoms with Gasteiger partial charge in [-0.1, -0.05) is 12.1 Å². The topological polar surface area (TPSA) is 89.3 Å². The Kier molecular flexibility index (Phi) is 6.54. The van der Waals surface area contributed by atoms with Crippen molar-refractivity contribution in [1.82, 2.24) is 20.1 Å². The number of hydrogen-bond acceptors (Lipinski definition) is 5. The van der Waals surface area contributed by atoms with Crippen LogP contribution in [-0.4, -0.2) is 39.4 Å². The molecule has 0 aliphatic heterocycles. The first-order valence-corrected chi connectivity index (χ1v) is 11.9. The number of amides is 1. The van der Waals surface area contributed by atoms with Gasteiger partial charge in [0.05, 0.1) is 24.9 Å². The van der Waals surface area contributed by atoms with Crippen LogP contribution in [0.5, 0.6) is 11.5 Å². The quantitative estimate of drug-likeness (QED) is 0.384. The molecule has 1 aliphatic rings. The zero-order chi connectivity index (χ0) is 25.2. The van der Waals surface area contributed by atoms with Crippen molar-refractivity contribution < 1.29 is 23.4 Å². The number of rotatable bonds is 6. The Labute approximate surface area is 206 Å². The Morgan fingerprint density at radius 2 is 1.83 bits per heavy atom. The molecule has 186 valence electrons. The summed E-state index contributed by atoms with van der Waals surface area (Å²) in [5, 5.41) is 17.9. The summed E-state index contributed by atoms with van der Waals surface area (Å²) in [5.74, 6) is -2.97. The van der Waals surface area contributed by atoms with Gasteiger partial charge in [-0.05, 0) is 61.4 Å². The van der Waals surface area contributed by atoms with Gasteiger partial charge in [0.1, 0.15) is 5.75 Å². The van der Waals surface area contributed by atoms with E-state index in [1.807, 2.05) is 10.7 Å². The van der Waals surface area contributed by atoms with Gasteiger partial charge < -0.3 is 15.2 Å². The van der Waals surface area contributed by atoms with E-state index >= 15 is 0 Å². The maximum absolute atomic E-state index is 13.5. The van der Waals surface area contributed by atoms with Gasteiger partial charge in [0.15, 0.2) is 17.4 Å². The molecule has 1 saturated carbocycles. The predicted molar refractivity (Wildman–Crippen MR) is 131 cm³/mol. The molecular weight excluding hydrogens is 466 g/mol. The standard InChI is InChI=1S/C27H26F2N4O3/c1-36-22-8-20(13-30-14-22)17-4-5-18-15-33(32-25(18)11-17)21-6-2-16(3-7-21)12-31-27(35)19-9-23(28)26(34)24(29)10-19/h4-5,8-11,13-16,21,34H,2-3,6-7,12H2,1H3,(H,31,35). The lowest BCUT2D eigenvalue weighted by Crippen LogP contribution is -2.31. The van der Waals surface area contributed by atoms with E-state index in [0.717, 1.165) is 59.8 Å². The Balaban J connectivity index is 1.19. The molecule has 2 aromatic heterocycles. The normalized spacial score (nSPS) is 17.8. The molecule has 1 fully saturated rings. The fourth-order valence-electron chi connectivity index (χ4n) is 4.74. The highest BCUT2D eigenvalue weighted by Gasteiger charge is 2.24. The molecule has 0 saturated heterocycles. The predicted octanol–water partition coefficient (Wildman–Crippen LogP) is 5.25. The number of nitrogens with zero attached hydrogens (tertiary/aromatic N) is 3. The van der Waals surface area contributed by atoms with E-state index in [0.29, 0.717) is 12.3 Å². The van der Waals surface area contributed by atoms with E-state index in [1.165, 1.54) is 0 Å². The number of methoxy groups -OCH3 is 1. The summed E-state index contributed by atoms with van der Waals surface area (Å²) < 4.78 is 34.4. The average molecular weight is 493 g/mol. The van der Waals surface area contributed by atoms with Crippen molar-refractivity contribution in [3.8, 4) is 22.6 Å². The number of aromatic nitrogens is 3. The van der Waals surface area contributed by atoms with Crippen molar-refractivity contribution in [3.63, 3.8) is 0 Å². The van der Waals surface area contributed by atoms with E-state index in [4.69, 9.17) is 9.84 Å². The van der Waals surface area contributed by atoms with Crippen LogP contribution in [0.4, 0.5) is 8.78 Å². The smallest absolute Gasteiger partial charge is 0.251 e. The van der Waals surface area contributed by atoms with Gasteiger partial charge in [0.25, 0.3) is 5.91 Å². The van der Waals surface area contributed by atoms with Crippen LogP contribution in [0, 0.1) is 17.6 Å². The third-order valence-electron chi connectivity index (χ3n) is 6.83. The Bertz CT molecular complexity index is 1390. The van der Waals surface area contributed by atoms with Crippen molar-refractivity contribution in [2.45, 2.75) is 31.7 Å². The molecule has 0 spiro atoms. The van der Waals surface area contributed by atoms with E-state index in [2.05, 4.69) is 34.7 Å². The van der Waals surface area contributed by atoms with Crippen molar-refractivity contribution in [2.24, 2.45) is 5.92 Å². The van der Waals surface area contributed by atoms with Crippen molar-refractivity contribution in [1.29, 1.82) is 0 Å². The summed E-state index contributed by atoms with van der Waals surface area (Å²) in [7, 11) is 1.62. The van der Waals surface area contributed by atoms with E-state index < -0.39 is 23.3 Å². The summed E-state index contributed by atoms with van der Waals surface area (Å²) in [6, 6.07) is 10.1. The Hall–Kier alpha value is -4.01. The molecule has 1 amide bonds. The molecule has 2 aromatic carbocycles. The number of phenolic OH excluding ortho intramolecular Hbond substituents is 1. The van der Waals surface area contributed by atoms with Gasteiger partial charge in [-0.3, -0.25) is 14.5 Å². The monoisotopic (exact) mass is 492 g/mol. The third kappa shape index (κ3) is 4.86. The van der Waals surface area contributed by atoms with Crippen LogP contribution in [0.15, 0.2) is 55.0 Å². The summed E-state index contributed by atoms with van der Waals surface area (Å²) in [6.45, 7) is 0.425. The molecule has 36 heavy (non-hydrogen) atoms. The van der Waals surface area contributed by atoms with Crippen molar-refractivity contribution in [3.05, 3.63) is 72.2 Å². The SMILES string of the molecule is COc1cncc(-c2ccc3cn(C4CCC(CNC(=O)c5cc(F)c(O)c(F)c5)CC4)nc3c2)c1. The molecule has 0 atom stereocenters. The fourth-order valence-corrected chi connectivity index (χ4v) is 4.74. The molecule has 2 heterocycles. The van der Waals surface area contributed by atoms with Gasteiger partial charge in [0, 0.05) is 35.5 Å². The largest absolute Gasteiger partial charge is 0.503 e. The number of carbonyl (C=O) groups is 1. The van der Waals surface area contributed by atoms with Crippen LogP contribution < -0.4 is 10.1 Å². The van der Waals surface area contributed by atoms with E-state index in [1.54, 1.807) is 19.5 Å². The molecule has 0 radical (unpaired) electrons. The van der Waals surface area contributed by atoms with Gasteiger partial charge in [0.2, 0.25) is 0 Å². The lowest BCUT2D eigenvalue weighted by molar-refractivity contribution is 0.0940. The van der Waals surface area contributed by atoms with Crippen LogP contribution in [0.3, 0.4) is 0 Å². The molecule has 5 rings (SSSR count). The first kappa shape index (κ1) is 23.7. The number of benzene rings is 2. The van der Waals surface area contributed by atoms with E-state index in [-0.39, 0.29) is 17.5 Å². The van der Waals surface area contributed by atoms with Gasteiger partial charge in [-0.15, -0.1) is 0 Å². The first-order chi connectivity index (χ1) is 17.4. The number of phenols is 1. The van der Waals surface area contributed by atoms with Gasteiger partial charge >= 0.3 is 0 Å². The molecule has 7 nitrogen and oxygen atoms in total. The second-order valence-corrected chi connectivity index (χ2v) is 9.17. The number of nitrogens with one attached hydrogen (secondary N) is 1. The second kappa shape index (κ2) is 9.93. The molecule has 4 aromatic rings. The van der Waals surface area contributed by atoms with Crippen LogP contribution in [0.1, 0.15) is 42.1 Å².